The number of likely N-dealkylation sites (tertiary alicyclic amines) is 1. The second kappa shape index (κ2) is 11.3. The van der Waals surface area contributed by atoms with Crippen LogP contribution in [0.15, 0.2) is 34.6 Å². The first kappa shape index (κ1) is 21.8. The maximum absolute atomic E-state index is 4.69. The maximum Gasteiger partial charge on any atom is 0.191 e. The van der Waals surface area contributed by atoms with Crippen LogP contribution in [0.4, 0.5) is 0 Å². The average Bonchev–Trinajstić information content (AvgIpc) is 3.22. The Morgan fingerprint density at radius 3 is 2.48 bits per heavy atom. The molecule has 1 aliphatic rings. The summed E-state index contributed by atoms with van der Waals surface area (Å²) in [5, 5.41) is 10.2. The Balaban J connectivity index is 1.39. The van der Waals surface area contributed by atoms with Gasteiger partial charge in [0.1, 0.15) is 0 Å². The zero-order valence-electron chi connectivity index (χ0n) is 18.1. The summed E-state index contributed by atoms with van der Waals surface area (Å²) in [5.74, 6) is 1.34. The van der Waals surface area contributed by atoms with Crippen molar-refractivity contribution in [3.05, 3.63) is 51.5 Å². The number of rotatable bonds is 8. The number of nitrogens with zero attached hydrogens (tertiary/aromatic N) is 3. The van der Waals surface area contributed by atoms with Gasteiger partial charge >= 0.3 is 0 Å². The van der Waals surface area contributed by atoms with Gasteiger partial charge in [-0.25, -0.2) is 4.98 Å². The van der Waals surface area contributed by atoms with E-state index in [0.29, 0.717) is 5.92 Å². The first-order chi connectivity index (χ1) is 14.1. The van der Waals surface area contributed by atoms with Crippen LogP contribution < -0.4 is 10.6 Å². The molecule has 0 spiro atoms. The molecule has 2 heterocycles. The number of thiazole rings is 1. The molecule has 0 bridgehead atoms. The lowest BCUT2D eigenvalue weighted by Gasteiger charge is -2.26. The minimum atomic E-state index is 0.502. The molecule has 2 N–H and O–H groups in total. The summed E-state index contributed by atoms with van der Waals surface area (Å²) < 4.78 is 0. The first-order valence-corrected chi connectivity index (χ1v) is 11.7. The van der Waals surface area contributed by atoms with Gasteiger partial charge in [0, 0.05) is 44.4 Å². The zero-order chi connectivity index (χ0) is 20.5. The van der Waals surface area contributed by atoms with Gasteiger partial charge in [-0.15, -0.1) is 11.3 Å². The molecule has 3 rings (SSSR count). The Kier molecular flexibility index (Phi) is 8.50. The molecule has 1 aliphatic heterocycles. The van der Waals surface area contributed by atoms with Gasteiger partial charge in [0.25, 0.3) is 0 Å². The third kappa shape index (κ3) is 7.12. The van der Waals surface area contributed by atoms with Gasteiger partial charge < -0.3 is 10.6 Å². The Morgan fingerprint density at radius 1 is 1.10 bits per heavy atom. The number of nitrogens with one attached hydrogen (secondary N) is 2. The van der Waals surface area contributed by atoms with Gasteiger partial charge in [0.15, 0.2) is 5.96 Å². The molecule has 0 saturated carbocycles. The first-order valence-electron chi connectivity index (χ1n) is 10.8. The lowest BCUT2D eigenvalue weighted by molar-refractivity contribution is 0.221. The molecule has 0 amide bonds. The molecule has 0 radical (unpaired) electrons. The smallest absolute Gasteiger partial charge is 0.191 e. The van der Waals surface area contributed by atoms with E-state index in [9.17, 15) is 0 Å². The molecule has 0 atom stereocenters. The number of piperidine rings is 1. The van der Waals surface area contributed by atoms with Crippen LogP contribution in [0, 0.1) is 0 Å². The van der Waals surface area contributed by atoms with E-state index in [1.165, 1.54) is 48.5 Å². The normalized spacial score (nSPS) is 15.7. The summed E-state index contributed by atoms with van der Waals surface area (Å²) >= 11 is 1.75. The highest BCUT2D eigenvalue weighted by Crippen LogP contribution is 2.19. The van der Waals surface area contributed by atoms with Gasteiger partial charge in [-0.1, -0.05) is 44.5 Å². The van der Waals surface area contributed by atoms with Crippen molar-refractivity contribution in [1.29, 1.82) is 0 Å². The van der Waals surface area contributed by atoms with Crippen LogP contribution in [0.2, 0.25) is 0 Å². The van der Waals surface area contributed by atoms with Crippen LogP contribution >= 0.6 is 11.3 Å². The summed E-state index contributed by atoms with van der Waals surface area (Å²) in [6.07, 6.45) is 4.99. The fourth-order valence-corrected chi connectivity index (χ4v) is 4.43. The summed E-state index contributed by atoms with van der Waals surface area (Å²) in [4.78, 5) is 11.6. The number of aliphatic imine (C=N–C) groups is 1. The summed E-state index contributed by atoms with van der Waals surface area (Å²) in [5.41, 5.74) is 3.84. The van der Waals surface area contributed by atoms with Gasteiger partial charge in [-0.05, 0) is 37.1 Å². The largest absolute Gasteiger partial charge is 0.356 e. The lowest BCUT2D eigenvalue weighted by Crippen LogP contribution is -2.37. The van der Waals surface area contributed by atoms with E-state index in [-0.39, 0.29) is 0 Å². The summed E-state index contributed by atoms with van der Waals surface area (Å²) in [7, 11) is 1.82. The van der Waals surface area contributed by atoms with E-state index >= 15 is 0 Å². The number of guanidine groups is 1. The highest BCUT2D eigenvalue weighted by molar-refractivity contribution is 7.09. The molecule has 1 fully saturated rings. The Bertz CT molecular complexity index is 760. The third-order valence-electron chi connectivity index (χ3n) is 5.30. The SMILES string of the molecule is CN=C(NCCc1csc(C(C)C)n1)NCc1ccc(CN2CCCCC2)cc1. The third-order valence-corrected chi connectivity index (χ3v) is 6.49. The predicted molar refractivity (Wildman–Crippen MR) is 124 cm³/mol. The fourth-order valence-electron chi connectivity index (χ4n) is 3.56. The molecule has 1 aromatic heterocycles. The lowest BCUT2D eigenvalue weighted by atomic mass is 10.1. The molecule has 1 saturated heterocycles. The standard InChI is InChI=1S/C23H35N5S/c1-18(2)22-27-21(17-29-22)11-12-25-23(24-3)26-15-19-7-9-20(10-8-19)16-28-13-5-4-6-14-28/h7-10,17-18H,4-6,11-16H2,1-3H3,(H2,24,25,26). The van der Waals surface area contributed by atoms with Crippen molar-refractivity contribution in [3.8, 4) is 0 Å². The molecule has 0 unspecified atom stereocenters. The van der Waals surface area contributed by atoms with Crippen molar-refractivity contribution in [2.45, 2.75) is 58.5 Å². The van der Waals surface area contributed by atoms with Crippen molar-refractivity contribution in [2.75, 3.05) is 26.7 Å². The van der Waals surface area contributed by atoms with Crippen molar-refractivity contribution in [1.82, 2.24) is 20.5 Å². The topological polar surface area (TPSA) is 52.6 Å². The molecular formula is C23H35N5S. The molecule has 5 nitrogen and oxygen atoms in total. The van der Waals surface area contributed by atoms with Crippen molar-refractivity contribution in [2.24, 2.45) is 4.99 Å². The number of hydrogen-bond acceptors (Lipinski definition) is 4. The molecule has 0 aliphatic carbocycles. The van der Waals surface area contributed by atoms with Gasteiger partial charge in [-0.3, -0.25) is 9.89 Å². The quantitative estimate of drug-likeness (QED) is 0.504. The maximum atomic E-state index is 4.69. The molecular weight excluding hydrogens is 378 g/mol. The molecule has 158 valence electrons. The van der Waals surface area contributed by atoms with E-state index in [2.05, 4.69) is 64.0 Å². The molecule has 1 aromatic carbocycles. The molecule has 2 aromatic rings. The van der Waals surface area contributed by atoms with Gasteiger partial charge in [-0.2, -0.15) is 0 Å². The average molecular weight is 414 g/mol. The monoisotopic (exact) mass is 413 g/mol. The number of aromatic nitrogens is 1. The van der Waals surface area contributed by atoms with Crippen LogP contribution in [-0.2, 0) is 19.5 Å². The highest BCUT2D eigenvalue weighted by atomic mass is 32.1. The van der Waals surface area contributed by atoms with Crippen LogP contribution in [-0.4, -0.2) is 42.5 Å². The van der Waals surface area contributed by atoms with Crippen molar-refractivity contribution < 1.29 is 0 Å². The van der Waals surface area contributed by atoms with E-state index < -0.39 is 0 Å². The summed E-state index contributed by atoms with van der Waals surface area (Å²) in [6.45, 7) is 9.54. The second-order valence-electron chi connectivity index (χ2n) is 8.09. The Hall–Kier alpha value is -1.92. The summed E-state index contributed by atoms with van der Waals surface area (Å²) in [6, 6.07) is 8.97. The predicted octanol–water partition coefficient (Wildman–Crippen LogP) is 4.16. The minimum absolute atomic E-state index is 0.502. The van der Waals surface area contributed by atoms with Crippen molar-refractivity contribution >= 4 is 17.3 Å². The van der Waals surface area contributed by atoms with Crippen LogP contribution in [0.25, 0.3) is 0 Å². The van der Waals surface area contributed by atoms with E-state index in [1.807, 2.05) is 7.05 Å². The minimum Gasteiger partial charge on any atom is -0.356 e. The Labute approximate surface area is 179 Å². The van der Waals surface area contributed by atoms with Crippen molar-refractivity contribution in [3.63, 3.8) is 0 Å². The zero-order valence-corrected chi connectivity index (χ0v) is 18.9. The van der Waals surface area contributed by atoms with E-state index in [1.54, 1.807) is 11.3 Å². The van der Waals surface area contributed by atoms with Crippen LogP contribution in [0.5, 0.6) is 0 Å². The molecule has 6 heteroatoms. The second-order valence-corrected chi connectivity index (χ2v) is 8.98. The highest BCUT2D eigenvalue weighted by Gasteiger charge is 2.10. The van der Waals surface area contributed by atoms with Gasteiger partial charge in [0.05, 0.1) is 10.7 Å². The van der Waals surface area contributed by atoms with E-state index in [0.717, 1.165) is 37.7 Å². The number of benzene rings is 1. The van der Waals surface area contributed by atoms with E-state index in [4.69, 9.17) is 4.98 Å². The van der Waals surface area contributed by atoms with Gasteiger partial charge in [0.2, 0.25) is 0 Å². The Morgan fingerprint density at radius 2 is 1.83 bits per heavy atom. The van der Waals surface area contributed by atoms with Crippen LogP contribution in [0.3, 0.4) is 0 Å². The molecule has 29 heavy (non-hydrogen) atoms. The number of hydrogen-bond donors (Lipinski definition) is 2. The van der Waals surface area contributed by atoms with Crippen LogP contribution in [0.1, 0.15) is 60.9 Å². The fraction of sp³-hybridized carbons (Fsp3) is 0.565.